The van der Waals surface area contributed by atoms with E-state index in [1.807, 2.05) is 0 Å². The topological polar surface area (TPSA) is 43.8 Å². The average Bonchev–Trinajstić information content (AvgIpc) is 2.44. The molecule has 1 heterocycles. The minimum Gasteiger partial charge on any atom is -0.369 e. The van der Waals surface area contributed by atoms with Crippen molar-refractivity contribution in [2.24, 2.45) is 0 Å². The summed E-state index contributed by atoms with van der Waals surface area (Å²) in [7, 11) is 0. The molecule has 3 nitrogen and oxygen atoms in total. The molecule has 1 aromatic carbocycles. The van der Waals surface area contributed by atoms with Gasteiger partial charge in [-0.1, -0.05) is 12.1 Å². The van der Waals surface area contributed by atoms with Gasteiger partial charge in [0.25, 0.3) is 0 Å². The molecule has 0 radical (unpaired) electrons. The molecular formula is C10H10F3N3. The van der Waals surface area contributed by atoms with Crippen LogP contribution in [-0.2, 0) is 6.54 Å². The van der Waals surface area contributed by atoms with E-state index in [-0.39, 0.29) is 5.95 Å². The van der Waals surface area contributed by atoms with Gasteiger partial charge in [-0.15, -0.1) is 0 Å². The quantitative estimate of drug-likeness (QED) is 0.816. The molecule has 0 amide bonds. The molecule has 86 valence electrons. The number of nitrogen functional groups attached to an aromatic ring is 1. The van der Waals surface area contributed by atoms with Gasteiger partial charge >= 0.3 is 6.18 Å². The van der Waals surface area contributed by atoms with Crippen molar-refractivity contribution in [3.8, 4) is 0 Å². The predicted octanol–water partition coefficient (Wildman–Crippen LogP) is 2.49. The zero-order chi connectivity index (χ0) is 11.9. The fourth-order valence-electron chi connectivity index (χ4n) is 1.65. The molecule has 0 unspecified atom stereocenters. The first kappa shape index (κ1) is 10.8. The van der Waals surface area contributed by atoms with Gasteiger partial charge < -0.3 is 10.3 Å². The van der Waals surface area contributed by atoms with Crippen molar-refractivity contribution in [2.45, 2.75) is 19.6 Å². The zero-order valence-corrected chi connectivity index (χ0v) is 8.54. The van der Waals surface area contributed by atoms with Gasteiger partial charge in [0.05, 0.1) is 11.0 Å². The number of alkyl halides is 3. The van der Waals surface area contributed by atoms with Crippen molar-refractivity contribution >= 4 is 17.0 Å². The van der Waals surface area contributed by atoms with Crippen LogP contribution >= 0.6 is 0 Å². The van der Waals surface area contributed by atoms with Gasteiger partial charge in [-0.05, 0) is 18.6 Å². The average molecular weight is 229 g/mol. The van der Waals surface area contributed by atoms with Crippen LogP contribution in [0, 0.1) is 6.92 Å². The number of aromatic nitrogens is 2. The highest BCUT2D eigenvalue weighted by molar-refractivity contribution is 5.81. The van der Waals surface area contributed by atoms with Gasteiger partial charge in [0.15, 0.2) is 0 Å². The maximum Gasteiger partial charge on any atom is 0.406 e. The Kier molecular flexibility index (Phi) is 2.29. The second-order valence-electron chi connectivity index (χ2n) is 3.61. The van der Waals surface area contributed by atoms with Crippen molar-refractivity contribution in [1.29, 1.82) is 0 Å². The normalized spacial score (nSPS) is 12.2. The van der Waals surface area contributed by atoms with E-state index in [2.05, 4.69) is 4.98 Å². The summed E-state index contributed by atoms with van der Waals surface area (Å²) in [4.78, 5) is 3.94. The van der Waals surface area contributed by atoms with Crippen molar-refractivity contribution in [3.63, 3.8) is 0 Å². The third kappa shape index (κ3) is 1.82. The van der Waals surface area contributed by atoms with Crippen LogP contribution < -0.4 is 5.73 Å². The Bertz CT molecular complexity index is 528. The number of anilines is 1. The molecule has 2 N–H and O–H groups in total. The fraction of sp³-hybridized carbons (Fsp3) is 0.300. The van der Waals surface area contributed by atoms with Crippen LogP contribution in [0.15, 0.2) is 18.2 Å². The summed E-state index contributed by atoms with van der Waals surface area (Å²) >= 11 is 0. The maximum absolute atomic E-state index is 12.3. The lowest BCUT2D eigenvalue weighted by Crippen LogP contribution is -2.19. The van der Waals surface area contributed by atoms with Gasteiger partial charge in [-0.3, -0.25) is 0 Å². The first-order valence-corrected chi connectivity index (χ1v) is 4.66. The molecule has 0 aliphatic carbocycles. The second-order valence-corrected chi connectivity index (χ2v) is 3.61. The zero-order valence-electron chi connectivity index (χ0n) is 8.54. The second kappa shape index (κ2) is 3.40. The van der Waals surface area contributed by atoms with Crippen LogP contribution in [0.4, 0.5) is 19.1 Å². The third-order valence-corrected chi connectivity index (χ3v) is 2.35. The lowest BCUT2D eigenvalue weighted by Gasteiger charge is -2.09. The first-order chi connectivity index (χ1) is 7.38. The Morgan fingerprint density at radius 1 is 1.38 bits per heavy atom. The van der Waals surface area contributed by atoms with E-state index in [1.54, 1.807) is 25.1 Å². The minimum atomic E-state index is -4.30. The largest absolute Gasteiger partial charge is 0.406 e. The van der Waals surface area contributed by atoms with Crippen LogP contribution in [0.1, 0.15) is 5.56 Å². The van der Waals surface area contributed by atoms with Gasteiger partial charge in [0, 0.05) is 0 Å². The molecular weight excluding hydrogens is 219 g/mol. The molecule has 0 bridgehead atoms. The van der Waals surface area contributed by atoms with E-state index in [9.17, 15) is 13.2 Å². The van der Waals surface area contributed by atoms with Crippen molar-refractivity contribution in [1.82, 2.24) is 9.55 Å². The molecule has 1 aromatic heterocycles. The van der Waals surface area contributed by atoms with Crippen LogP contribution in [-0.4, -0.2) is 15.7 Å². The molecule has 0 aliphatic heterocycles. The number of halogens is 3. The fourth-order valence-corrected chi connectivity index (χ4v) is 1.65. The van der Waals surface area contributed by atoms with E-state index in [4.69, 9.17) is 5.73 Å². The molecule has 0 fully saturated rings. The monoisotopic (exact) mass is 229 g/mol. The number of fused-ring (bicyclic) bond motifs is 1. The Balaban J connectivity index is 2.61. The van der Waals surface area contributed by atoms with Gasteiger partial charge in [0.2, 0.25) is 5.95 Å². The first-order valence-electron chi connectivity index (χ1n) is 4.66. The lowest BCUT2D eigenvalue weighted by atomic mass is 10.2. The van der Waals surface area contributed by atoms with Gasteiger partial charge in [-0.2, -0.15) is 13.2 Å². The predicted molar refractivity (Wildman–Crippen MR) is 54.9 cm³/mol. The van der Waals surface area contributed by atoms with Crippen molar-refractivity contribution < 1.29 is 13.2 Å². The van der Waals surface area contributed by atoms with E-state index in [0.717, 1.165) is 10.1 Å². The minimum absolute atomic E-state index is 0.110. The van der Waals surface area contributed by atoms with Gasteiger partial charge in [-0.25, -0.2) is 4.98 Å². The summed E-state index contributed by atoms with van der Waals surface area (Å²) in [6.45, 7) is 0.672. The van der Waals surface area contributed by atoms with Crippen LogP contribution in [0.5, 0.6) is 0 Å². The van der Waals surface area contributed by atoms with Crippen LogP contribution in [0.2, 0.25) is 0 Å². The Morgan fingerprint density at radius 3 is 2.69 bits per heavy atom. The highest BCUT2D eigenvalue weighted by Crippen LogP contribution is 2.25. The lowest BCUT2D eigenvalue weighted by molar-refractivity contribution is -0.139. The number of hydrogen-bond acceptors (Lipinski definition) is 2. The van der Waals surface area contributed by atoms with E-state index in [0.29, 0.717) is 11.0 Å². The van der Waals surface area contributed by atoms with E-state index in [1.165, 1.54) is 0 Å². The summed E-state index contributed by atoms with van der Waals surface area (Å²) < 4.78 is 37.9. The number of nitrogens with two attached hydrogens (primary N) is 1. The third-order valence-electron chi connectivity index (χ3n) is 2.35. The molecule has 0 atom stereocenters. The smallest absolute Gasteiger partial charge is 0.369 e. The summed E-state index contributed by atoms with van der Waals surface area (Å²) in [6.07, 6.45) is -4.30. The van der Waals surface area contributed by atoms with Crippen molar-refractivity contribution in [2.75, 3.05) is 5.73 Å². The maximum atomic E-state index is 12.3. The molecule has 0 saturated heterocycles. The summed E-state index contributed by atoms with van der Waals surface area (Å²) in [5.74, 6) is -0.110. The molecule has 0 spiro atoms. The number of hydrogen-bond donors (Lipinski definition) is 1. The molecule has 2 aromatic rings. The Labute approximate surface area is 89.7 Å². The van der Waals surface area contributed by atoms with Crippen molar-refractivity contribution in [3.05, 3.63) is 23.8 Å². The Morgan fingerprint density at radius 2 is 2.06 bits per heavy atom. The molecule has 0 saturated carbocycles. The van der Waals surface area contributed by atoms with Crippen LogP contribution in [0.3, 0.4) is 0 Å². The standard InChI is InChI=1S/C10H10F3N3/c1-6-3-2-4-7-8(6)15-9(14)16(7)5-10(11,12)13/h2-4H,5H2,1H3,(H2,14,15). The number of para-hydroxylation sites is 1. The summed E-state index contributed by atoms with van der Waals surface area (Å²) in [5, 5.41) is 0. The summed E-state index contributed by atoms with van der Waals surface area (Å²) in [5.41, 5.74) is 7.22. The molecule has 16 heavy (non-hydrogen) atoms. The molecule has 6 heteroatoms. The Hall–Kier alpha value is -1.72. The number of nitrogens with zero attached hydrogens (tertiary/aromatic N) is 2. The van der Waals surface area contributed by atoms with E-state index < -0.39 is 12.7 Å². The number of rotatable bonds is 1. The van der Waals surface area contributed by atoms with Crippen LogP contribution in [0.25, 0.3) is 11.0 Å². The SMILES string of the molecule is Cc1cccc2c1nc(N)n2CC(F)(F)F. The number of benzene rings is 1. The van der Waals surface area contributed by atoms with Gasteiger partial charge in [0.1, 0.15) is 6.54 Å². The molecule has 2 rings (SSSR count). The highest BCUT2D eigenvalue weighted by atomic mass is 19.4. The summed E-state index contributed by atoms with van der Waals surface area (Å²) in [6, 6.07) is 5.05. The number of aryl methyl sites for hydroxylation is 1. The highest BCUT2D eigenvalue weighted by Gasteiger charge is 2.29. The van der Waals surface area contributed by atoms with E-state index >= 15 is 0 Å². The molecule has 0 aliphatic rings. The number of imidazole rings is 1.